The Balaban J connectivity index is 2.40. The molecule has 1 heterocycles. The average Bonchev–Trinajstić information content (AvgIpc) is 2.86. The molecule has 0 aliphatic rings. The minimum Gasteiger partial charge on any atom is -0.508 e. The number of methoxy groups -OCH3 is 1. The van der Waals surface area contributed by atoms with Crippen molar-refractivity contribution in [1.29, 1.82) is 0 Å². The quantitative estimate of drug-likeness (QED) is 0.879. The first kappa shape index (κ1) is 12.9. The molecule has 0 saturated carbocycles. The summed E-state index contributed by atoms with van der Waals surface area (Å²) in [5.41, 5.74) is 1.47. The molecule has 1 atom stereocenters. The molecule has 0 spiro atoms. The highest BCUT2D eigenvalue weighted by molar-refractivity contribution is 5.73. The van der Waals surface area contributed by atoms with Gasteiger partial charge in [-0.3, -0.25) is 4.68 Å². The molecule has 2 aromatic rings. The second kappa shape index (κ2) is 5.01. The Hall–Kier alpha value is -2.50. The number of aromatic hydroxyl groups is 1. The number of hydrogen-bond donors (Lipinski definition) is 2. The molecule has 0 aliphatic carbocycles. The van der Waals surface area contributed by atoms with E-state index in [-0.39, 0.29) is 5.75 Å². The highest BCUT2D eigenvalue weighted by Gasteiger charge is 2.16. The van der Waals surface area contributed by atoms with Gasteiger partial charge in [-0.15, -0.1) is 0 Å². The Morgan fingerprint density at radius 3 is 2.84 bits per heavy atom. The molecule has 2 N–H and O–H groups in total. The predicted octanol–water partition coefficient (Wildman–Crippen LogP) is 1.91. The molecule has 19 heavy (non-hydrogen) atoms. The van der Waals surface area contributed by atoms with Crippen molar-refractivity contribution in [3.63, 3.8) is 0 Å². The van der Waals surface area contributed by atoms with Gasteiger partial charge in [0.25, 0.3) is 0 Å². The molecule has 1 aromatic carbocycles. The van der Waals surface area contributed by atoms with Gasteiger partial charge >= 0.3 is 5.97 Å². The Bertz CT molecular complexity index is 606. The number of benzene rings is 1. The molecule has 0 radical (unpaired) electrons. The largest absolute Gasteiger partial charge is 0.508 e. The standard InChI is InChI=1S/C13H14N2O4/c1-8(13(17)18)15-7-9(6-14-15)11-4-3-10(16)5-12(11)19-2/h3-8,16H,1-2H3,(H,17,18). The number of nitrogens with zero attached hydrogens (tertiary/aromatic N) is 2. The molecule has 6 nitrogen and oxygen atoms in total. The van der Waals surface area contributed by atoms with Crippen LogP contribution in [-0.4, -0.2) is 33.1 Å². The Kier molecular flexibility index (Phi) is 3.41. The van der Waals surface area contributed by atoms with E-state index in [9.17, 15) is 9.90 Å². The molecule has 1 unspecified atom stereocenters. The second-order valence-corrected chi connectivity index (χ2v) is 4.11. The lowest BCUT2D eigenvalue weighted by molar-refractivity contribution is -0.140. The summed E-state index contributed by atoms with van der Waals surface area (Å²) in [4.78, 5) is 10.9. The van der Waals surface area contributed by atoms with E-state index in [1.807, 2.05) is 0 Å². The monoisotopic (exact) mass is 262 g/mol. The number of phenolic OH excluding ortho intramolecular Hbond substituents is 1. The van der Waals surface area contributed by atoms with Gasteiger partial charge in [0.1, 0.15) is 17.5 Å². The first-order valence-corrected chi connectivity index (χ1v) is 5.67. The van der Waals surface area contributed by atoms with E-state index in [0.29, 0.717) is 5.75 Å². The number of rotatable bonds is 4. The maximum absolute atomic E-state index is 10.9. The molecule has 100 valence electrons. The van der Waals surface area contributed by atoms with E-state index in [0.717, 1.165) is 11.1 Å². The third kappa shape index (κ3) is 2.52. The van der Waals surface area contributed by atoms with Gasteiger partial charge in [-0.05, 0) is 19.1 Å². The molecule has 0 saturated heterocycles. The molecule has 1 aromatic heterocycles. The number of phenols is 1. The fourth-order valence-electron chi connectivity index (χ4n) is 1.72. The van der Waals surface area contributed by atoms with Crippen LogP contribution in [0.25, 0.3) is 11.1 Å². The van der Waals surface area contributed by atoms with E-state index in [4.69, 9.17) is 9.84 Å². The Morgan fingerprint density at radius 2 is 2.21 bits per heavy atom. The van der Waals surface area contributed by atoms with Crippen LogP contribution in [0, 0.1) is 0 Å². The first-order valence-electron chi connectivity index (χ1n) is 5.67. The lowest BCUT2D eigenvalue weighted by atomic mass is 10.1. The molecule has 0 fully saturated rings. The minimum atomic E-state index is -0.952. The summed E-state index contributed by atoms with van der Waals surface area (Å²) in [6.07, 6.45) is 3.20. The Morgan fingerprint density at radius 1 is 1.47 bits per heavy atom. The van der Waals surface area contributed by atoms with Crippen LogP contribution in [0.3, 0.4) is 0 Å². The third-order valence-corrected chi connectivity index (χ3v) is 2.85. The van der Waals surface area contributed by atoms with Gasteiger partial charge in [0.05, 0.1) is 13.3 Å². The van der Waals surface area contributed by atoms with Gasteiger partial charge in [0, 0.05) is 23.4 Å². The summed E-state index contributed by atoms with van der Waals surface area (Å²) in [6, 6.07) is 3.99. The molecular weight excluding hydrogens is 248 g/mol. The van der Waals surface area contributed by atoms with E-state index in [1.54, 1.807) is 25.4 Å². The summed E-state index contributed by atoms with van der Waals surface area (Å²) < 4.78 is 6.55. The zero-order valence-electron chi connectivity index (χ0n) is 10.6. The number of carboxylic acid groups (broad SMARTS) is 1. The maximum atomic E-state index is 10.9. The second-order valence-electron chi connectivity index (χ2n) is 4.11. The van der Waals surface area contributed by atoms with E-state index in [2.05, 4.69) is 5.10 Å². The minimum absolute atomic E-state index is 0.104. The smallest absolute Gasteiger partial charge is 0.328 e. The lowest BCUT2D eigenvalue weighted by Gasteiger charge is -2.07. The molecule has 0 aliphatic heterocycles. The van der Waals surface area contributed by atoms with E-state index in [1.165, 1.54) is 23.9 Å². The summed E-state index contributed by atoms with van der Waals surface area (Å²) >= 11 is 0. The van der Waals surface area contributed by atoms with Crippen LogP contribution in [0.2, 0.25) is 0 Å². The number of carboxylic acids is 1. The van der Waals surface area contributed by atoms with Crippen LogP contribution >= 0.6 is 0 Å². The third-order valence-electron chi connectivity index (χ3n) is 2.85. The summed E-state index contributed by atoms with van der Waals surface area (Å²) in [7, 11) is 1.50. The van der Waals surface area contributed by atoms with Crippen molar-refractivity contribution in [2.45, 2.75) is 13.0 Å². The van der Waals surface area contributed by atoms with Crippen LogP contribution in [0.4, 0.5) is 0 Å². The van der Waals surface area contributed by atoms with Crippen LogP contribution < -0.4 is 4.74 Å². The van der Waals surface area contributed by atoms with Gasteiger partial charge < -0.3 is 14.9 Å². The van der Waals surface area contributed by atoms with Crippen LogP contribution in [0.15, 0.2) is 30.6 Å². The van der Waals surface area contributed by atoms with Gasteiger partial charge in [-0.25, -0.2) is 4.79 Å². The number of carbonyl (C=O) groups is 1. The van der Waals surface area contributed by atoms with Crippen molar-refractivity contribution in [2.75, 3.05) is 7.11 Å². The molecule has 0 bridgehead atoms. The van der Waals surface area contributed by atoms with E-state index >= 15 is 0 Å². The summed E-state index contributed by atoms with van der Waals surface area (Å²) in [5.74, 6) is -0.346. The molecule has 6 heteroatoms. The molecule has 2 rings (SSSR count). The van der Waals surface area contributed by atoms with Crippen LogP contribution in [0.5, 0.6) is 11.5 Å². The Labute approximate surface area is 109 Å². The number of ether oxygens (including phenoxy) is 1. The number of aromatic nitrogens is 2. The van der Waals surface area contributed by atoms with Gasteiger partial charge in [-0.1, -0.05) is 0 Å². The molecule has 0 amide bonds. The maximum Gasteiger partial charge on any atom is 0.328 e. The van der Waals surface area contributed by atoms with Crippen molar-refractivity contribution in [3.8, 4) is 22.6 Å². The van der Waals surface area contributed by atoms with E-state index < -0.39 is 12.0 Å². The number of hydrogen-bond acceptors (Lipinski definition) is 4. The van der Waals surface area contributed by atoms with Crippen molar-refractivity contribution in [1.82, 2.24) is 9.78 Å². The van der Waals surface area contributed by atoms with Gasteiger partial charge in [-0.2, -0.15) is 5.10 Å². The normalized spacial score (nSPS) is 12.1. The average molecular weight is 262 g/mol. The SMILES string of the molecule is COc1cc(O)ccc1-c1cnn(C(C)C(=O)O)c1. The van der Waals surface area contributed by atoms with Crippen LogP contribution in [-0.2, 0) is 4.79 Å². The van der Waals surface area contributed by atoms with Crippen molar-refractivity contribution in [3.05, 3.63) is 30.6 Å². The van der Waals surface area contributed by atoms with Crippen molar-refractivity contribution < 1.29 is 19.7 Å². The molecular formula is C13H14N2O4. The number of aliphatic carboxylic acids is 1. The zero-order chi connectivity index (χ0) is 14.0. The topological polar surface area (TPSA) is 84.6 Å². The summed E-state index contributed by atoms with van der Waals surface area (Å²) in [5, 5.41) is 22.4. The first-order chi connectivity index (χ1) is 9.02. The zero-order valence-corrected chi connectivity index (χ0v) is 10.6. The highest BCUT2D eigenvalue weighted by atomic mass is 16.5. The predicted molar refractivity (Wildman–Crippen MR) is 68.2 cm³/mol. The fraction of sp³-hybridized carbons (Fsp3) is 0.231. The van der Waals surface area contributed by atoms with Crippen LogP contribution in [0.1, 0.15) is 13.0 Å². The fourth-order valence-corrected chi connectivity index (χ4v) is 1.72. The summed E-state index contributed by atoms with van der Waals surface area (Å²) in [6.45, 7) is 1.55. The van der Waals surface area contributed by atoms with Gasteiger partial charge in [0.2, 0.25) is 0 Å². The highest BCUT2D eigenvalue weighted by Crippen LogP contribution is 2.32. The van der Waals surface area contributed by atoms with Crippen molar-refractivity contribution >= 4 is 5.97 Å². The van der Waals surface area contributed by atoms with Crippen molar-refractivity contribution in [2.24, 2.45) is 0 Å². The lowest BCUT2D eigenvalue weighted by Crippen LogP contribution is -2.15. The van der Waals surface area contributed by atoms with Gasteiger partial charge in [0.15, 0.2) is 0 Å².